The highest BCUT2D eigenvalue weighted by atomic mass is 16.5. The molecule has 0 saturated heterocycles. The first kappa shape index (κ1) is 30.3. The number of hydrogen-bond donors (Lipinski definition) is 2. The second-order valence-electron chi connectivity index (χ2n) is 12.2. The van der Waals surface area contributed by atoms with Gasteiger partial charge in [0.1, 0.15) is 17.1 Å². The van der Waals surface area contributed by atoms with Gasteiger partial charge in [0.25, 0.3) is 0 Å². The molecule has 6 aromatic carbocycles. The Kier molecular flexibility index (Phi) is 8.28. The molecule has 0 aromatic heterocycles. The van der Waals surface area contributed by atoms with Crippen LogP contribution in [0.15, 0.2) is 146 Å². The van der Waals surface area contributed by atoms with Crippen LogP contribution >= 0.6 is 0 Å². The van der Waals surface area contributed by atoms with Gasteiger partial charge >= 0.3 is 0 Å². The van der Waals surface area contributed by atoms with Gasteiger partial charge in [-0.15, -0.1) is 0 Å². The molecule has 0 amide bonds. The van der Waals surface area contributed by atoms with Gasteiger partial charge in [0.15, 0.2) is 0 Å². The maximum Gasteiger partial charge on any atom is 0.140 e. The van der Waals surface area contributed by atoms with Crippen LogP contribution in [0, 0.1) is 6.92 Å². The Morgan fingerprint density at radius 1 is 0.638 bits per heavy atom. The topological polar surface area (TPSA) is 44.7 Å². The van der Waals surface area contributed by atoms with Crippen molar-refractivity contribution in [1.29, 1.82) is 0 Å². The number of aliphatic hydroxyl groups is 1. The number of rotatable bonds is 9. The van der Waals surface area contributed by atoms with E-state index < -0.39 is 5.60 Å². The zero-order valence-electron chi connectivity index (χ0n) is 27.2. The van der Waals surface area contributed by atoms with E-state index in [0.717, 1.165) is 80.6 Å². The van der Waals surface area contributed by atoms with Gasteiger partial charge in [-0.05, 0) is 78.9 Å². The highest BCUT2D eigenvalue weighted by molar-refractivity contribution is 5.71. The van der Waals surface area contributed by atoms with Gasteiger partial charge in [-0.25, -0.2) is 0 Å². The van der Waals surface area contributed by atoms with E-state index >= 15 is 0 Å². The van der Waals surface area contributed by atoms with Crippen LogP contribution in [0.25, 0.3) is 0 Å². The molecule has 0 radical (unpaired) electrons. The summed E-state index contributed by atoms with van der Waals surface area (Å²) in [5, 5.41) is 16.7. The summed E-state index contributed by atoms with van der Waals surface area (Å²) in [5.41, 5.74) is 8.49. The van der Waals surface area contributed by atoms with Gasteiger partial charge in [0.2, 0.25) is 0 Å². The number of aryl methyl sites for hydroxylation is 1. The molecule has 0 bridgehead atoms. The zero-order chi connectivity index (χ0) is 32.4. The van der Waals surface area contributed by atoms with Crippen LogP contribution in [0.4, 0.5) is 17.1 Å². The molecule has 1 atom stereocenters. The molecule has 0 saturated carbocycles. The molecule has 0 spiro atoms. The van der Waals surface area contributed by atoms with Gasteiger partial charge in [-0.3, -0.25) is 0 Å². The van der Waals surface area contributed by atoms with Crippen molar-refractivity contribution in [1.82, 2.24) is 0 Å². The average molecular weight is 617 g/mol. The number of hydrogen-bond acceptors (Lipinski definition) is 4. The molecule has 2 N–H and O–H groups in total. The maximum atomic E-state index is 13.1. The fourth-order valence-electron chi connectivity index (χ4n) is 6.99. The second kappa shape index (κ2) is 12.8. The van der Waals surface area contributed by atoms with Crippen molar-refractivity contribution >= 4 is 17.1 Å². The normalized spacial score (nSPS) is 13.7. The fraction of sp³-hybridized carbons (Fsp3) is 0.163. The lowest BCUT2D eigenvalue weighted by atomic mass is 9.73. The molecule has 0 fully saturated rings. The molecular formula is C43H40N2O2. The van der Waals surface area contributed by atoms with E-state index in [4.69, 9.17) is 4.74 Å². The van der Waals surface area contributed by atoms with Crippen LogP contribution < -0.4 is 15.0 Å². The van der Waals surface area contributed by atoms with Crippen LogP contribution in [0.1, 0.15) is 58.7 Å². The Hall–Kier alpha value is -5.32. The van der Waals surface area contributed by atoms with Crippen LogP contribution in [-0.4, -0.2) is 18.2 Å². The number of para-hydroxylation sites is 1. The van der Waals surface area contributed by atoms with Crippen molar-refractivity contribution in [3.05, 3.63) is 185 Å². The van der Waals surface area contributed by atoms with Crippen LogP contribution in [0.5, 0.6) is 11.5 Å². The van der Waals surface area contributed by atoms with Crippen LogP contribution in [0.3, 0.4) is 0 Å². The third-order valence-corrected chi connectivity index (χ3v) is 9.42. The third-order valence-electron chi connectivity index (χ3n) is 9.42. The molecule has 4 heteroatoms. The minimum Gasteiger partial charge on any atom is -0.457 e. The third kappa shape index (κ3) is 5.55. The summed E-state index contributed by atoms with van der Waals surface area (Å²) in [6, 6.07) is 49.5. The summed E-state index contributed by atoms with van der Waals surface area (Å²) in [6.07, 6.45) is 0. The van der Waals surface area contributed by atoms with Gasteiger partial charge < -0.3 is 20.1 Å². The zero-order valence-corrected chi connectivity index (χ0v) is 27.2. The van der Waals surface area contributed by atoms with Crippen LogP contribution in [0.2, 0.25) is 0 Å². The van der Waals surface area contributed by atoms with Crippen molar-refractivity contribution in [3.63, 3.8) is 0 Å². The van der Waals surface area contributed by atoms with Gasteiger partial charge in [-0.2, -0.15) is 0 Å². The van der Waals surface area contributed by atoms with E-state index in [9.17, 15) is 5.11 Å². The maximum absolute atomic E-state index is 13.1. The number of anilines is 3. The molecule has 7 rings (SSSR count). The quantitative estimate of drug-likeness (QED) is 0.158. The predicted molar refractivity (Wildman–Crippen MR) is 193 cm³/mol. The Labute approximate surface area is 277 Å². The van der Waals surface area contributed by atoms with Crippen molar-refractivity contribution in [2.75, 3.05) is 23.3 Å². The molecule has 1 heterocycles. The highest BCUT2D eigenvalue weighted by Gasteiger charge is 2.39. The Balaban J connectivity index is 1.47. The summed E-state index contributed by atoms with van der Waals surface area (Å²) in [7, 11) is 0. The average Bonchev–Trinajstić information content (AvgIpc) is 3.12. The standard InChI is InChI=1S/C43H40N2O2/c1-4-45(5-2)34-25-26-36-41(28-34)47-40-27-30(3)39(44-33-21-13-8-14-22-33)29-37(40)42(36)35-23-15-16-24-38(35)43(46,31-17-9-6-10-18-31)32-19-11-7-12-20-32/h6-29,42,44,46H,4-5H2,1-3H3. The monoisotopic (exact) mass is 616 g/mol. The van der Waals surface area contributed by atoms with E-state index in [1.165, 1.54) is 0 Å². The first-order valence-electron chi connectivity index (χ1n) is 16.5. The fourth-order valence-corrected chi connectivity index (χ4v) is 6.99. The molecule has 4 nitrogen and oxygen atoms in total. The molecule has 47 heavy (non-hydrogen) atoms. The Morgan fingerprint density at radius 2 is 1.21 bits per heavy atom. The van der Waals surface area contributed by atoms with Gasteiger partial charge in [0, 0.05) is 53.3 Å². The van der Waals surface area contributed by atoms with E-state index in [0.29, 0.717) is 0 Å². The summed E-state index contributed by atoms with van der Waals surface area (Å²) < 4.78 is 6.77. The number of nitrogens with one attached hydrogen (secondary N) is 1. The summed E-state index contributed by atoms with van der Waals surface area (Å²) >= 11 is 0. The summed E-state index contributed by atoms with van der Waals surface area (Å²) in [5.74, 6) is 1.47. The van der Waals surface area contributed by atoms with Crippen molar-refractivity contribution in [2.24, 2.45) is 0 Å². The number of nitrogens with zero attached hydrogens (tertiary/aromatic N) is 1. The van der Waals surface area contributed by atoms with Crippen molar-refractivity contribution in [3.8, 4) is 11.5 Å². The molecule has 234 valence electrons. The van der Waals surface area contributed by atoms with E-state index in [2.05, 4.69) is 91.7 Å². The molecule has 1 aliphatic heterocycles. The van der Waals surface area contributed by atoms with Crippen molar-refractivity contribution in [2.45, 2.75) is 32.3 Å². The molecule has 6 aromatic rings. The summed E-state index contributed by atoms with van der Waals surface area (Å²) in [4.78, 5) is 2.34. The predicted octanol–water partition coefficient (Wildman–Crippen LogP) is 10.2. The molecule has 0 aliphatic carbocycles. The first-order valence-corrected chi connectivity index (χ1v) is 16.5. The minimum absolute atomic E-state index is 0.202. The SMILES string of the molecule is CCN(CC)c1ccc2c(c1)Oc1cc(C)c(Nc3ccccc3)cc1C2c1ccccc1C(O)(c1ccccc1)c1ccccc1. The number of fused-ring (bicyclic) bond motifs is 2. The first-order chi connectivity index (χ1) is 23.0. The minimum atomic E-state index is -1.39. The lowest BCUT2D eigenvalue weighted by Crippen LogP contribution is -2.31. The largest absolute Gasteiger partial charge is 0.457 e. The van der Waals surface area contributed by atoms with E-state index in [1.54, 1.807) is 0 Å². The second-order valence-corrected chi connectivity index (χ2v) is 12.2. The molecule has 1 aliphatic rings. The number of benzene rings is 6. The van der Waals surface area contributed by atoms with Crippen LogP contribution in [-0.2, 0) is 5.60 Å². The Bertz CT molecular complexity index is 1950. The number of ether oxygens (including phenoxy) is 1. The van der Waals surface area contributed by atoms with E-state index in [-0.39, 0.29) is 5.92 Å². The van der Waals surface area contributed by atoms with E-state index in [1.807, 2.05) is 84.9 Å². The summed E-state index contributed by atoms with van der Waals surface area (Å²) in [6.45, 7) is 8.29. The highest BCUT2D eigenvalue weighted by Crippen LogP contribution is 2.52. The molecular weight excluding hydrogens is 576 g/mol. The lowest BCUT2D eigenvalue weighted by molar-refractivity contribution is 0.124. The van der Waals surface area contributed by atoms with Gasteiger partial charge in [0.05, 0.1) is 0 Å². The lowest BCUT2D eigenvalue weighted by Gasteiger charge is -2.36. The van der Waals surface area contributed by atoms with Gasteiger partial charge in [-0.1, -0.05) is 109 Å². The molecule has 1 unspecified atom stereocenters. The smallest absolute Gasteiger partial charge is 0.140 e. The van der Waals surface area contributed by atoms with Crippen molar-refractivity contribution < 1.29 is 9.84 Å². The Morgan fingerprint density at radius 3 is 1.85 bits per heavy atom.